The van der Waals surface area contributed by atoms with Crippen LogP contribution >= 0.6 is 0 Å². The number of hydrogen-bond acceptors (Lipinski definition) is 5. The van der Waals surface area contributed by atoms with Crippen LogP contribution in [0.1, 0.15) is 37.4 Å². The number of nitrogens with one attached hydrogen (secondary N) is 2. The van der Waals surface area contributed by atoms with E-state index in [0.29, 0.717) is 25.7 Å². The molecule has 0 atom stereocenters. The zero-order valence-corrected chi connectivity index (χ0v) is 13.6. The molecule has 2 N–H and O–H groups in total. The predicted octanol–water partition coefficient (Wildman–Crippen LogP) is 0.737. The Bertz CT molecular complexity index is 820. The largest absolute Gasteiger partial charge is 0.335 e. The van der Waals surface area contributed by atoms with Crippen LogP contribution in [0.25, 0.3) is 0 Å². The van der Waals surface area contributed by atoms with Crippen LogP contribution in [0.2, 0.25) is 0 Å². The third kappa shape index (κ3) is 3.50. The highest BCUT2D eigenvalue weighted by atomic mass is 32.2. The Balaban J connectivity index is 1.65. The van der Waals surface area contributed by atoms with Crippen LogP contribution in [0.15, 0.2) is 34.5 Å². The summed E-state index contributed by atoms with van der Waals surface area (Å²) >= 11 is 0. The highest BCUT2D eigenvalue weighted by molar-refractivity contribution is 7.89. The summed E-state index contributed by atoms with van der Waals surface area (Å²) in [5, 5.41) is 4.35. The summed E-state index contributed by atoms with van der Waals surface area (Å²) in [6.45, 7) is 1.85. The highest BCUT2D eigenvalue weighted by Crippen LogP contribution is 2.27. The summed E-state index contributed by atoms with van der Waals surface area (Å²) in [4.78, 5) is 18.2. The first-order valence-corrected chi connectivity index (χ1v) is 9.01. The van der Waals surface area contributed by atoms with Crippen LogP contribution in [-0.4, -0.2) is 34.2 Å². The monoisotopic (exact) mass is 337 g/mol. The summed E-state index contributed by atoms with van der Waals surface area (Å²) < 4.78 is 28.5. The van der Waals surface area contributed by atoms with E-state index in [4.69, 9.17) is 0 Å². The van der Waals surface area contributed by atoms with E-state index in [-0.39, 0.29) is 22.7 Å². The predicted molar refractivity (Wildman–Crippen MR) is 83.4 cm³/mol. The molecule has 1 aliphatic rings. The highest BCUT2D eigenvalue weighted by Gasteiger charge is 2.27. The molecule has 0 aromatic carbocycles. The zero-order valence-electron chi connectivity index (χ0n) is 12.8. The summed E-state index contributed by atoms with van der Waals surface area (Å²) in [7, 11) is -3.57. The maximum atomic E-state index is 12.2. The number of rotatable bonds is 4. The van der Waals surface area contributed by atoms with Gasteiger partial charge in [0.25, 0.3) is 15.6 Å². The Kier molecular flexibility index (Phi) is 4.31. The SMILES string of the molecule is Cc1ccc(=O)n(C2CCC(NS(=O)(=O)c3cnc[nH]3)CC2)n1. The van der Waals surface area contributed by atoms with Crippen molar-refractivity contribution in [2.45, 2.75) is 49.7 Å². The van der Waals surface area contributed by atoms with Crippen molar-refractivity contribution >= 4 is 10.0 Å². The van der Waals surface area contributed by atoms with Gasteiger partial charge in [-0.1, -0.05) is 0 Å². The van der Waals surface area contributed by atoms with Gasteiger partial charge in [-0.2, -0.15) is 5.10 Å². The summed E-state index contributed by atoms with van der Waals surface area (Å²) in [5.41, 5.74) is 0.684. The number of imidazole rings is 1. The fourth-order valence-electron chi connectivity index (χ4n) is 2.89. The first kappa shape index (κ1) is 15.9. The van der Waals surface area contributed by atoms with Crippen molar-refractivity contribution in [1.82, 2.24) is 24.5 Å². The molecule has 0 unspecified atom stereocenters. The molecule has 2 aromatic rings. The van der Waals surface area contributed by atoms with Gasteiger partial charge in [-0.3, -0.25) is 4.79 Å². The molecule has 23 heavy (non-hydrogen) atoms. The van der Waals surface area contributed by atoms with Crippen molar-refractivity contribution in [2.24, 2.45) is 0 Å². The lowest BCUT2D eigenvalue weighted by molar-refractivity contribution is 0.284. The molecular formula is C14H19N5O3S. The summed E-state index contributed by atoms with van der Waals surface area (Å²) in [6, 6.07) is 3.11. The Hall–Kier alpha value is -2.00. The number of hydrogen-bond donors (Lipinski definition) is 2. The van der Waals surface area contributed by atoms with Gasteiger partial charge in [0.1, 0.15) is 0 Å². The quantitative estimate of drug-likeness (QED) is 0.855. The number of nitrogens with zero attached hydrogens (tertiary/aromatic N) is 3. The van der Waals surface area contributed by atoms with Gasteiger partial charge in [0.05, 0.1) is 24.3 Å². The number of aryl methyl sites for hydroxylation is 1. The minimum absolute atomic E-state index is 0.0234. The molecule has 9 heteroatoms. The first-order valence-electron chi connectivity index (χ1n) is 7.53. The number of aromatic amines is 1. The summed E-state index contributed by atoms with van der Waals surface area (Å²) in [6.07, 6.45) is 5.38. The average Bonchev–Trinajstić information content (AvgIpc) is 3.06. The third-order valence-corrected chi connectivity index (χ3v) is 5.53. The lowest BCUT2D eigenvalue weighted by atomic mass is 9.92. The molecular weight excluding hydrogens is 318 g/mol. The average molecular weight is 337 g/mol. The maximum absolute atomic E-state index is 12.2. The van der Waals surface area contributed by atoms with Crippen molar-refractivity contribution < 1.29 is 8.42 Å². The van der Waals surface area contributed by atoms with E-state index < -0.39 is 10.0 Å². The fourth-order valence-corrected chi connectivity index (χ4v) is 4.10. The van der Waals surface area contributed by atoms with Gasteiger partial charge in [-0.05, 0) is 38.7 Å². The molecule has 0 amide bonds. The molecule has 8 nitrogen and oxygen atoms in total. The van der Waals surface area contributed by atoms with Gasteiger partial charge in [0, 0.05) is 12.1 Å². The van der Waals surface area contributed by atoms with Crippen molar-refractivity contribution in [3.63, 3.8) is 0 Å². The normalized spacial score (nSPS) is 22.1. The Morgan fingerprint density at radius 2 is 2.00 bits per heavy atom. The molecule has 0 bridgehead atoms. The second-order valence-electron chi connectivity index (χ2n) is 5.80. The molecule has 0 aliphatic heterocycles. The lowest BCUT2D eigenvalue weighted by Gasteiger charge is -2.29. The van der Waals surface area contributed by atoms with Gasteiger partial charge in [0.15, 0.2) is 5.03 Å². The van der Waals surface area contributed by atoms with Crippen molar-refractivity contribution in [3.05, 3.63) is 40.7 Å². The van der Waals surface area contributed by atoms with Crippen molar-refractivity contribution in [3.8, 4) is 0 Å². The van der Waals surface area contributed by atoms with Crippen LogP contribution in [0.4, 0.5) is 0 Å². The number of H-pyrrole nitrogens is 1. The van der Waals surface area contributed by atoms with Crippen LogP contribution in [-0.2, 0) is 10.0 Å². The minimum Gasteiger partial charge on any atom is -0.335 e. The van der Waals surface area contributed by atoms with E-state index in [1.165, 1.54) is 23.3 Å². The molecule has 2 aromatic heterocycles. The second-order valence-corrected chi connectivity index (χ2v) is 7.48. The van der Waals surface area contributed by atoms with E-state index in [1.54, 1.807) is 6.07 Å². The van der Waals surface area contributed by atoms with Crippen molar-refractivity contribution in [2.75, 3.05) is 0 Å². The van der Waals surface area contributed by atoms with Gasteiger partial charge in [0.2, 0.25) is 0 Å². The molecule has 3 rings (SSSR count). The topological polar surface area (TPSA) is 110 Å². The number of aromatic nitrogens is 4. The molecule has 1 aliphatic carbocycles. The van der Waals surface area contributed by atoms with Gasteiger partial charge in [-0.15, -0.1) is 0 Å². The van der Waals surface area contributed by atoms with E-state index in [9.17, 15) is 13.2 Å². The van der Waals surface area contributed by atoms with Crippen LogP contribution < -0.4 is 10.3 Å². The van der Waals surface area contributed by atoms with Gasteiger partial charge < -0.3 is 4.98 Å². The Morgan fingerprint density at radius 3 is 2.65 bits per heavy atom. The molecule has 1 fully saturated rings. The lowest BCUT2D eigenvalue weighted by Crippen LogP contribution is -2.39. The zero-order chi connectivity index (χ0) is 16.4. The van der Waals surface area contributed by atoms with E-state index in [2.05, 4.69) is 19.8 Å². The Labute approximate surface area is 134 Å². The molecule has 124 valence electrons. The van der Waals surface area contributed by atoms with Crippen molar-refractivity contribution in [1.29, 1.82) is 0 Å². The van der Waals surface area contributed by atoms with Gasteiger partial charge in [-0.25, -0.2) is 22.8 Å². The maximum Gasteiger partial charge on any atom is 0.267 e. The van der Waals surface area contributed by atoms with Gasteiger partial charge >= 0.3 is 0 Å². The Morgan fingerprint density at radius 1 is 1.26 bits per heavy atom. The van der Waals surface area contributed by atoms with E-state index in [0.717, 1.165) is 5.69 Å². The first-order chi connectivity index (χ1) is 11.0. The summed E-state index contributed by atoms with van der Waals surface area (Å²) in [5.74, 6) is 0. The smallest absolute Gasteiger partial charge is 0.267 e. The standard InChI is InChI=1S/C14H19N5O3S/c1-10-2-7-14(20)19(17-10)12-5-3-11(4-6-12)18-23(21,22)13-8-15-9-16-13/h2,7-9,11-12,18H,3-6H2,1H3,(H,15,16). The number of sulfonamides is 1. The molecule has 0 spiro atoms. The molecule has 0 saturated heterocycles. The molecule has 1 saturated carbocycles. The van der Waals surface area contributed by atoms with E-state index in [1.807, 2.05) is 6.92 Å². The minimum atomic E-state index is -3.57. The fraction of sp³-hybridized carbons (Fsp3) is 0.500. The van der Waals surface area contributed by atoms with E-state index >= 15 is 0 Å². The third-order valence-electron chi connectivity index (χ3n) is 4.09. The van der Waals surface area contributed by atoms with Crippen LogP contribution in [0.3, 0.4) is 0 Å². The molecule has 2 heterocycles. The molecule has 0 radical (unpaired) electrons. The van der Waals surface area contributed by atoms with Crippen LogP contribution in [0.5, 0.6) is 0 Å². The second kappa shape index (κ2) is 6.25. The van der Waals surface area contributed by atoms with Crippen LogP contribution in [0, 0.1) is 6.92 Å².